The molecule has 0 spiro atoms. The summed E-state index contributed by atoms with van der Waals surface area (Å²) in [7, 11) is 0. The van der Waals surface area contributed by atoms with Gasteiger partial charge >= 0.3 is 0 Å². The van der Waals surface area contributed by atoms with E-state index in [9.17, 15) is 0 Å². The number of piperazine rings is 1. The van der Waals surface area contributed by atoms with Gasteiger partial charge in [0.25, 0.3) is 0 Å². The van der Waals surface area contributed by atoms with Gasteiger partial charge in [-0.1, -0.05) is 13.0 Å². The highest BCUT2D eigenvalue weighted by Crippen LogP contribution is 2.36. The summed E-state index contributed by atoms with van der Waals surface area (Å²) >= 11 is 0. The van der Waals surface area contributed by atoms with E-state index in [1.807, 2.05) is 0 Å². The third-order valence-corrected chi connectivity index (χ3v) is 5.25. The molecule has 1 atom stereocenters. The van der Waals surface area contributed by atoms with Gasteiger partial charge in [-0.15, -0.1) is 0 Å². The number of benzene rings is 1. The Kier molecular flexibility index (Phi) is 3.54. The lowest BCUT2D eigenvalue weighted by Crippen LogP contribution is -2.57. The van der Waals surface area contributed by atoms with Crippen LogP contribution < -0.4 is 10.2 Å². The van der Waals surface area contributed by atoms with Gasteiger partial charge in [-0.05, 0) is 49.3 Å². The van der Waals surface area contributed by atoms with Gasteiger partial charge in [0.1, 0.15) is 0 Å². The van der Waals surface area contributed by atoms with E-state index in [4.69, 9.17) is 0 Å². The van der Waals surface area contributed by atoms with Gasteiger partial charge in [0.05, 0.1) is 0 Å². The number of nitrogens with one attached hydrogen (secondary N) is 1. The third kappa shape index (κ3) is 2.76. The minimum Gasteiger partial charge on any atom is -0.385 e. The fourth-order valence-electron chi connectivity index (χ4n) is 3.84. The van der Waals surface area contributed by atoms with Crippen molar-refractivity contribution < 1.29 is 0 Å². The Labute approximate surface area is 128 Å². The highest BCUT2D eigenvalue weighted by molar-refractivity contribution is 5.65. The van der Waals surface area contributed by atoms with Gasteiger partial charge in [-0.2, -0.15) is 0 Å². The quantitative estimate of drug-likeness (QED) is 0.897. The van der Waals surface area contributed by atoms with E-state index in [1.54, 1.807) is 5.56 Å². The summed E-state index contributed by atoms with van der Waals surface area (Å²) in [4.78, 5) is 5.38. The molecule has 1 aliphatic carbocycles. The van der Waals surface area contributed by atoms with Gasteiger partial charge in [-0.3, -0.25) is 4.90 Å². The zero-order valence-corrected chi connectivity index (χ0v) is 13.1. The first-order chi connectivity index (χ1) is 10.3. The van der Waals surface area contributed by atoms with Crippen molar-refractivity contribution in [3.05, 3.63) is 23.8 Å². The van der Waals surface area contributed by atoms with E-state index < -0.39 is 0 Å². The molecular weight excluding hydrogens is 258 g/mol. The highest BCUT2D eigenvalue weighted by Gasteiger charge is 2.35. The summed E-state index contributed by atoms with van der Waals surface area (Å²) < 4.78 is 0. The number of rotatable bonds is 5. The molecule has 3 nitrogen and oxygen atoms in total. The molecule has 0 radical (unpaired) electrons. The van der Waals surface area contributed by atoms with Crippen LogP contribution in [0, 0.1) is 5.92 Å². The molecule has 1 saturated carbocycles. The van der Waals surface area contributed by atoms with Crippen LogP contribution in [0.3, 0.4) is 0 Å². The Balaban J connectivity index is 1.51. The monoisotopic (exact) mass is 285 g/mol. The smallest absolute Gasteiger partial charge is 0.0421 e. The van der Waals surface area contributed by atoms with Crippen LogP contribution in [0.5, 0.6) is 0 Å². The molecule has 2 heterocycles. The molecule has 4 rings (SSSR count). The fourth-order valence-corrected chi connectivity index (χ4v) is 3.84. The molecule has 2 bridgehead atoms. The lowest BCUT2D eigenvalue weighted by Gasteiger charge is -2.47. The van der Waals surface area contributed by atoms with Gasteiger partial charge in [-0.25, -0.2) is 0 Å². The van der Waals surface area contributed by atoms with Gasteiger partial charge < -0.3 is 10.2 Å². The number of anilines is 2. The molecule has 21 heavy (non-hydrogen) atoms. The van der Waals surface area contributed by atoms with Crippen LogP contribution in [-0.2, 0) is 6.42 Å². The van der Waals surface area contributed by atoms with E-state index in [2.05, 4.69) is 40.2 Å². The van der Waals surface area contributed by atoms with Crippen LogP contribution in [0.1, 0.15) is 31.7 Å². The normalized spacial score (nSPS) is 24.8. The minimum atomic E-state index is 0.751. The summed E-state index contributed by atoms with van der Waals surface area (Å²) in [6.45, 7) is 8.33. The van der Waals surface area contributed by atoms with Crippen molar-refractivity contribution in [3.8, 4) is 0 Å². The summed E-state index contributed by atoms with van der Waals surface area (Å²) in [5.74, 6) is 1.01. The van der Waals surface area contributed by atoms with E-state index >= 15 is 0 Å². The van der Waals surface area contributed by atoms with Crippen LogP contribution in [0.25, 0.3) is 0 Å². The van der Waals surface area contributed by atoms with Crippen molar-refractivity contribution in [3.63, 3.8) is 0 Å². The molecule has 2 fully saturated rings. The topological polar surface area (TPSA) is 18.5 Å². The maximum absolute atomic E-state index is 3.52. The summed E-state index contributed by atoms with van der Waals surface area (Å²) in [5.41, 5.74) is 4.32. The Hall–Kier alpha value is -1.22. The number of fused-ring (bicyclic) bond motifs is 4. The number of nitrogens with zero attached hydrogens (tertiary/aromatic N) is 2. The van der Waals surface area contributed by atoms with E-state index in [0.29, 0.717) is 0 Å². The zero-order chi connectivity index (χ0) is 14.2. The second-order valence-electron chi connectivity index (χ2n) is 7.01. The summed E-state index contributed by atoms with van der Waals surface area (Å²) in [6.07, 6.45) is 5.36. The maximum Gasteiger partial charge on any atom is 0.0421 e. The Morgan fingerprint density at radius 1 is 1.24 bits per heavy atom. The highest BCUT2D eigenvalue weighted by atomic mass is 15.3. The molecule has 0 amide bonds. The first kappa shape index (κ1) is 13.4. The molecular formula is C18H27N3. The van der Waals surface area contributed by atoms with Crippen molar-refractivity contribution >= 4 is 11.4 Å². The van der Waals surface area contributed by atoms with Crippen molar-refractivity contribution in [1.29, 1.82) is 0 Å². The van der Waals surface area contributed by atoms with Crippen LogP contribution in [0.4, 0.5) is 11.4 Å². The van der Waals surface area contributed by atoms with Crippen molar-refractivity contribution in [2.45, 2.75) is 38.6 Å². The van der Waals surface area contributed by atoms with Crippen LogP contribution in [0.2, 0.25) is 0 Å². The van der Waals surface area contributed by atoms with Gasteiger partial charge in [0.15, 0.2) is 0 Å². The van der Waals surface area contributed by atoms with Crippen LogP contribution in [0.15, 0.2) is 18.2 Å². The van der Waals surface area contributed by atoms with E-state index in [-0.39, 0.29) is 0 Å². The minimum absolute atomic E-state index is 0.751. The maximum atomic E-state index is 3.52. The second-order valence-corrected chi connectivity index (χ2v) is 7.01. The molecule has 114 valence electrons. The number of hydrogen-bond donors (Lipinski definition) is 1. The average Bonchev–Trinajstić information content (AvgIpc) is 3.32. The predicted molar refractivity (Wildman–Crippen MR) is 89.2 cm³/mol. The first-order valence-corrected chi connectivity index (χ1v) is 8.69. The van der Waals surface area contributed by atoms with Crippen LogP contribution >= 0.6 is 0 Å². The molecule has 1 N–H and O–H groups in total. The molecule has 1 aromatic carbocycles. The van der Waals surface area contributed by atoms with Gasteiger partial charge in [0.2, 0.25) is 0 Å². The molecule has 3 aliphatic rings. The molecule has 1 saturated heterocycles. The van der Waals surface area contributed by atoms with Crippen molar-refractivity contribution in [1.82, 2.24) is 4.90 Å². The fraction of sp³-hybridized carbons (Fsp3) is 0.667. The van der Waals surface area contributed by atoms with E-state index in [0.717, 1.165) is 18.5 Å². The number of hydrogen-bond acceptors (Lipinski definition) is 3. The largest absolute Gasteiger partial charge is 0.385 e. The lowest BCUT2D eigenvalue weighted by atomic mass is 9.94. The lowest BCUT2D eigenvalue weighted by molar-refractivity contribution is 0.162. The van der Waals surface area contributed by atoms with Crippen LogP contribution in [-0.4, -0.2) is 43.7 Å². The zero-order valence-electron chi connectivity index (χ0n) is 13.1. The Morgan fingerprint density at radius 2 is 2.14 bits per heavy atom. The van der Waals surface area contributed by atoms with Crippen molar-refractivity contribution in [2.75, 3.05) is 42.9 Å². The standard InChI is InChI=1S/C18H27N3/c1-2-7-19-16-6-5-15-10-17-13-21(18(15)11-16)9-8-20(17)12-14-3-4-14/h5-6,11,14,17,19H,2-4,7-10,12-13H2,1H3. The summed E-state index contributed by atoms with van der Waals surface area (Å²) in [5, 5.41) is 3.52. The summed E-state index contributed by atoms with van der Waals surface area (Å²) in [6, 6.07) is 7.74. The molecule has 1 aromatic rings. The molecule has 3 heteroatoms. The molecule has 0 aromatic heterocycles. The molecule has 2 aliphatic heterocycles. The second kappa shape index (κ2) is 5.53. The first-order valence-electron chi connectivity index (χ1n) is 8.69. The third-order valence-electron chi connectivity index (χ3n) is 5.25. The molecule has 1 unspecified atom stereocenters. The Morgan fingerprint density at radius 3 is 2.95 bits per heavy atom. The Bertz CT molecular complexity index is 509. The average molecular weight is 285 g/mol. The van der Waals surface area contributed by atoms with E-state index in [1.165, 1.54) is 63.2 Å². The van der Waals surface area contributed by atoms with Crippen molar-refractivity contribution in [2.24, 2.45) is 5.92 Å². The van der Waals surface area contributed by atoms with Gasteiger partial charge in [0, 0.05) is 50.1 Å². The predicted octanol–water partition coefficient (Wildman–Crippen LogP) is 2.97. The SMILES string of the molecule is CCCNc1ccc2c(c1)N1CCN(CC3CC3)C(C2)C1.